The zero-order chi connectivity index (χ0) is 7.40. The van der Waals surface area contributed by atoms with Crippen LogP contribution in [0.5, 0.6) is 0 Å². The highest BCUT2D eigenvalue weighted by Gasteiger charge is 2.14. The summed E-state index contributed by atoms with van der Waals surface area (Å²) in [5, 5.41) is 10.6. The minimum atomic E-state index is 0.495. The normalized spacial score (nSPS) is 30.0. The van der Waals surface area contributed by atoms with Gasteiger partial charge in [-0.2, -0.15) is 5.06 Å². The van der Waals surface area contributed by atoms with Gasteiger partial charge in [-0.1, -0.05) is 6.42 Å². The fourth-order valence-electron chi connectivity index (χ4n) is 1.33. The van der Waals surface area contributed by atoms with Crippen molar-refractivity contribution in [2.75, 3.05) is 19.0 Å². The second-order valence-electron chi connectivity index (χ2n) is 2.93. The number of alkyl halides is 1. The number of rotatable bonds is 1. The van der Waals surface area contributed by atoms with Crippen LogP contribution in [-0.2, 0) is 0 Å². The molecule has 0 bridgehead atoms. The van der Waals surface area contributed by atoms with Crippen molar-refractivity contribution in [1.29, 1.82) is 0 Å². The van der Waals surface area contributed by atoms with E-state index in [2.05, 4.69) is 0 Å². The minimum Gasteiger partial charge on any atom is -0.314 e. The third kappa shape index (κ3) is 2.45. The Labute approximate surface area is 66.7 Å². The Balaban J connectivity index is 2.30. The van der Waals surface area contributed by atoms with Gasteiger partial charge in [0.1, 0.15) is 0 Å². The van der Waals surface area contributed by atoms with Crippen molar-refractivity contribution in [3.8, 4) is 0 Å². The topological polar surface area (TPSA) is 23.5 Å². The highest BCUT2D eigenvalue weighted by molar-refractivity contribution is 6.18. The quantitative estimate of drug-likeness (QED) is 0.595. The lowest BCUT2D eigenvalue weighted by atomic mass is 10.1. The van der Waals surface area contributed by atoms with Gasteiger partial charge in [0.2, 0.25) is 0 Å². The van der Waals surface area contributed by atoms with Gasteiger partial charge in [-0.15, -0.1) is 11.6 Å². The standard InChI is InChI=1S/C7H14ClNO/c8-5-7-3-1-2-4-9(10)6-7/h7,10H,1-6H2. The molecule has 0 aromatic carbocycles. The van der Waals surface area contributed by atoms with Gasteiger partial charge in [0, 0.05) is 19.0 Å². The zero-order valence-electron chi connectivity index (χ0n) is 6.09. The summed E-state index contributed by atoms with van der Waals surface area (Å²) in [6, 6.07) is 0. The maximum Gasteiger partial charge on any atom is 0.0277 e. The van der Waals surface area contributed by atoms with Crippen LogP contribution in [0, 0.1) is 5.92 Å². The second kappa shape index (κ2) is 4.16. The van der Waals surface area contributed by atoms with Crippen LogP contribution in [0.2, 0.25) is 0 Å². The van der Waals surface area contributed by atoms with Crippen molar-refractivity contribution >= 4 is 11.6 Å². The summed E-state index contributed by atoms with van der Waals surface area (Å²) in [4.78, 5) is 0. The smallest absolute Gasteiger partial charge is 0.0277 e. The number of hydrogen-bond acceptors (Lipinski definition) is 2. The van der Waals surface area contributed by atoms with E-state index < -0.39 is 0 Å². The monoisotopic (exact) mass is 163 g/mol. The molecule has 0 aliphatic carbocycles. The SMILES string of the molecule is ON1CCCCC(CCl)C1. The fourth-order valence-corrected chi connectivity index (χ4v) is 1.59. The summed E-state index contributed by atoms with van der Waals surface area (Å²) in [5.74, 6) is 1.17. The molecule has 1 heterocycles. The lowest BCUT2D eigenvalue weighted by Crippen LogP contribution is -2.25. The molecule has 1 N–H and O–H groups in total. The summed E-state index contributed by atoms with van der Waals surface area (Å²) in [6.07, 6.45) is 3.47. The van der Waals surface area contributed by atoms with E-state index in [1.807, 2.05) is 0 Å². The number of nitrogens with zero attached hydrogens (tertiary/aromatic N) is 1. The number of halogens is 1. The van der Waals surface area contributed by atoms with Crippen LogP contribution in [0.1, 0.15) is 19.3 Å². The van der Waals surface area contributed by atoms with E-state index in [-0.39, 0.29) is 0 Å². The molecule has 1 aliphatic heterocycles. The van der Waals surface area contributed by atoms with Crippen molar-refractivity contribution < 1.29 is 5.21 Å². The first-order chi connectivity index (χ1) is 4.83. The van der Waals surface area contributed by atoms with Gasteiger partial charge in [-0.05, 0) is 18.8 Å². The molecular formula is C7H14ClNO. The van der Waals surface area contributed by atoms with Gasteiger partial charge in [0.25, 0.3) is 0 Å². The molecule has 3 heteroatoms. The molecule has 1 atom stereocenters. The van der Waals surface area contributed by atoms with E-state index in [9.17, 15) is 0 Å². The molecule has 0 aromatic rings. The average molecular weight is 164 g/mol. The first-order valence-corrected chi connectivity index (χ1v) is 4.36. The molecule has 0 amide bonds. The minimum absolute atomic E-state index is 0.495. The van der Waals surface area contributed by atoms with Gasteiger partial charge in [-0.3, -0.25) is 0 Å². The summed E-state index contributed by atoms with van der Waals surface area (Å²) >= 11 is 5.68. The molecule has 1 aliphatic rings. The number of hydrogen-bond donors (Lipinski definition) is 1. The number of hydroxylamine groups is 2. The molecular weight excluding hydrogens is 150 g/mol. The van der Waals surface area contributed by atoms with Crippen LogP contribution >= 0.6 is 11.6 Å². The molecule has 60 valence electrons. The van der Waals surface area contributed by atoms with E-state index in [0.29, 0.717) is 11.8 Å². The van der Waals surface area contributed by atoms with Crippen LogP contribution < -0.4 is 0 Å². The van der Waals surface area contributed by atoms with Crippen molar-refractivity contribution in [3.05, 3.63) is 0 Å². The Bertz CT molecular complexity index is 99.6. The van der Waals surface area contributed by atoms with Crippen molar-refractivity contribution in [2.24, 2.45) is 5.92 Å². The van der Waals surface area contributed by atoms with Gasteiger partial charge in [-0.25, -0.2) is 0 Å². The third-order valence-corrected chi connectivity index (χ3v) is 2.40. The van der Waals surface area contributed by atoms with Crippen LogP contribution in [0.25, 0.3) is 0 Å². The molecule has 0 spiro atoms. The molecule has 0 saturated carbocycles. The summed E-state index contributed by atoms with van der Waals surface area (Å²) in [6.45, 7) is 1.57. The van der Waals surface area contributed by atoms with Crippen molar-refractivity contribution in [3.63, 3.8) is 0 Å². The molecule has 0 radical (unpaired) electrons. The fraction of sp³-hybridized carbons (Fsp3) is 1.00. The molecule has 1 unspecified atom stereocenters. The predicted molar refractivity (Wildman–Crippen MR) is 41.4 cm³/mol. The first-order valence-electron chi connectivity index (χ1n) is 3.82. The molecule has 0 aromatic heterocycles. The zero-order valence-corrected chi connectivity index (χ0v) is 6.85. The largest absolute Gasteiger partial charge is 0.314 e. The molecule has 10 heavy (non-hydrogen) atoms. The summed E-state index contributed by atoms with van der Waals surface area (Å²) < 4.78 is 0. The summed E-state index contributed by atoms with van der Waals surface area (Å²) in [5.41, 5.74) is 0. The highest BCUT2D eigenvalue weighted by Crippen LogP contribution is 2.15. The molecule has 1 rings (SSSR count). The Hall–Kier alpha value is 0.210. The van der Waals surface area contributed by atoms with Crippen LogP contribution in [0.3, 0.4) is 0 Å². The van der Waals surface area contributed by atoms with E-state index in [1.54, 1.807) is 0 Å². The average Bonchev–Trinajstić information content (AvgIpc) is 2.13. The lowest BCUT2D eigenvalue weighted by Gasteiger charge is -2.15. The van der Waals surface area contributed by atoms with Gasteiger partial charge >= 0.3 is 0 Å². The Morgan fingerprint density at radius 2 is 2.30 bits per heavy atom. The Morgan fingerprint density at radius 3 is 3.00 bits per heavy atom. The van der Waals surface area contributed by atoms with E-state index in [4.69, 9.17) is 16.8 Å². The van der Waals surface area contributed by atoms with Crippen molar-refractivity contribution in [2.45, 2.75) is 19.3 Å². The summed E-state index contributed by atoms with van der Waals surface area (Å²) in [7, 11) is 0. The lowest BCUT2D eigenvalue weighted by molar-refractivity contribution is -0.0944. The Kier molecular flexibility index (Phi) is 3.46. The predicted octanol–water partition coefficient (Wildman–Crippen LogP) is 1.72. The van der Waals surface area contributed by atoms with E-state index >= 15 is 0 Å². The third-order valence-electron chi connectivity index (χ3n) is 1.97. The van der Waals surface area contributed by atoms with Gasteiger partial charge < -0.3 is 5.21 Å². The van der Waals surface area contributed by atoms with Crippen LogP contribution in [0.4, 0.5) is 0 Å². The molecule has 1 fully saturated rings. The second-order valence-corrected chi connectivity index (χ2v) is 3.24. The van der Waals surface area contributed by atoms with Gasteiger partial charge in [0.15, 0.2) is 0 Å². The van der Waals surface area contributed by atoms with Crippen LogP contribution in [0.15, 0.2) is 0 Å². The molecule has 1 saturated heterocycles. The highest BCUT2D eigenvalue weighted by atomic mass is 35.5. The maximum atomic E-state index is 9.17. The van der Waals surface area contributed by atoms with Gasteiger partial charge in [0.05, 0.1) is 0 Å². The molecule has 2 nitrogen and oxygen atoms in total. The van der Waals surface area contributed by atoms with E-state index in [1.165, 1.54) is 17.9 Å². The Morgan fingerprint density at radius 1 is 1.50 bits per heavy atom. The van der Waals surface area contributed by atoms with Crippen LogP contribution in [-0.4, -0.2) is 29.2 Å². The first kappa shape index (κ1) is 8.31. The van der Waals surface area contributed by atoms with E-state index in [0.717, 1.165) is 19.5 Å². The maximum absolute atomic E-state index is 9.17. The van der Waals surface area contributed by atoms with Crippen molar-refractivity contribution in [1.82, 2.24) is 5.06 Å².